The van der Waals surface area contributed by atoms with Gasteiger partial charge in [0.15, 0.2) is 6.29 Å². The molecule has 0 aliphatic heterocycles. The van der Waals surface area contributed by atoms with E-state index in [0.717, 1.165) is 10.9 Å². The molecule has 0 radical (unpaired) electrons. The number of rotatable bonds is 6. The van der Waals surface area contributed by atoms with Gasteiger partial charge in [-0.15, -0.1) is 0 Å². The van der Waals surface area contributed by atoms with Crippen LogP contribution < -0.4 is 10.9 Å². The normalized spacial score (nSPS) is 13.0. The van der Waals surface area contributed by atoms with Gasteiger partial charge in [0.1, 0.15) is 0 Å². The SMILES string of the molecule is COC(OC)C(C)NCc1cc2ccccc2[nH]c1=O. The van der Waals surface area contributed by atoms with Crippen molar-refractivity contribution in [2.24, 2.45) is 0 Å². The monoisotopic (exact) mass is 276 g/mol. The number of methoxy groups -OCH3 is 2. The molecule has 1 aromatic heterocycles. The Balaban J connectivity index is 2.13. The summed E-state index contributed by atoms with van der Waals surface area (Å²) in [5.74, 6) is 0. The van der Waals surface area contributed by atoms with E-state index >= 15 is 0 Å². The van der Waals surface area contributed by atoms with E-state index in [1.807, 2.05) is 37.3 Å². The summed E-state index contributed by atoms with van der Waals surface area (Å²) in [5.41, 5.74) is 1.47. The smallest absolute Gasteiger partial charge is 0.252 e. The average Bonchev–Trinajstić information content (AvgIpc) is 2.46. The Morgan fingerprint density at radius 2 is 1.95 bits per heavy atom. The average molecular weight is 276 g/mol. The molecule has 1 atom stereocenters. The highest BCUT2D eigenvalue weighted by Crippen LogP contribution is 2.10. The van der Waals surface area contributed by atoms with Gasteiger partial charge in [-0.3, -0.25) is 4.79 Å². The first kappa shape index (κ1) is 14.7. The zero-order valence-electron chi connectivity index (χ0n) is 12.0. The molecule has 2 N–H and O–H groups in total. The summed E-state index contributed by atoms with van der Waals surface area (Å²) in [6, 6.07) is 9.61. The molecule has 0 aliphatic carbocycles. The van der Waals surface area contributed by atoms with Crippen molar-refractivity contribution < 1.29 is 9.47 Å². The Bertz CT molecular complexity index is 620. The van der Waals surface area contributed by atoms with E-state index in [0.29, 0.717) is 12.1 Å². The van der Waals surface area contributed by atoms with E-state index < -0.39 is 0 Å². The number of nitrogens with one attached hydrogen (secondary N) is 2. The van der Waals surface area contributed by atoms with Gasteiger partial charge >= 0.3 is 0 Å². The van der Waals surface area contributed by atoms with Crippen LogP contribution in [0.4, 0.5) is 0 Å². The third kappa shape index (κ3) is 3.25. The fraction of sp³-hybridized carbons (Fsp3) is 0.400. The van der Waals surface area contributed by atoms with E-state index in [9.17, 15) is 4.79 Å². The Kier molecular flexibility index (Phi) is 4.89. The summed E-state index contributed by atoms with van der Waals surface area (Å²) in [6.45, 7) is 2.41. The van der Waals surface area contributed by atoms with Crippen LogP contribution in [0.1, 0.15) is 12.5 Å². The minimum atomic E-state index is -0.338. The molecular weight excluding hydrogens is 256 g/mol. The van der Waals surface area contributed by atoms with Crippen molar-refractivity contribution in [3.05, 3.63) is 46.2 Å². The molecule has 0 aliphatic rings. The Labute approximate surface area is 117 Å². The molecule has 1 unspecified atom stereocenters. The molecule has 5 nitrogen and oxygen atoms in total. The van der Waals surface area contributed by atoms with Crippen molar-refractivity contribution in [2.75, 3.05) is 14.2 Å². The second kappa shape index (κ2) is 6.65. The molecule has 0 bridgehead atoms. The van der Waals surface area contributed by atoms with Gasteiger partial charge in [0.05, 0.1) is 6.04 Å². The van der Waals surface area contributed by atoms with Crippen LogP contribution in [-0.4, -0.2) is 31.5 Å². The predicted octanol–water partition coefficient (Wildman–Crippen LogP) is 1.63. The third-order valence-electron chi connectivity index (χ3n) is 3.32. The first-order valence-electron chi connectivity index (χ1n) is 6.55. The van der Waals surface area contributed by atoms with Crippen molar-refractivity contribution in [1.82, 2.24) is 10.3 Å². The summed E-state index contributed by atoms with van der Waals surface area (Å²) in [7, 11) is 3.18. The third-order valence-corrected chi connectivity index (χ3v) is 3.32. The topological polar surface area (TPSA) is 63.4 Å². The van der Waals surface area contributed by atoms with Gasteiger partial charge in [-0.1, -0.05) is 18.2 Å². The lowest BCUT2D eigenvalue weighted by Crippen LogP contribution is -2.40. The number of benzene rings is 1. The first-order chi connectivity index (χ1) is 9.65. The summed E-state index contributed by atoms with van der Waals surface area (Å²) in [4.78, 5) is 14.9. The van der Waals surface area contributed by atoms with Crippen LogP contribution in [0.3, 0.4) is 0 Å². The number of pyridine rings is 1. The predicted molar refractivity (Wildman–Crippen MR) is 78.7 cm³/mol. The van der Waals surface area contributed by atoms with Gasteiger partial charge in [-0.2, -0.15) is 0 Å². The highest BCUT2D eigenvalue weighted by molar-refractivity contribution is 5.78. The highest BCUT2D eigenvalue weighted by Gasteiger charge is 2.15. The molecule has 2 rings (SSSR count). The number of fused-ring (bicyclic) bond motifs is 1. The fourth-order valence-electron chi connectivity index (χ4n) is 2.20. The number of aromatic amines is 1. The van der Waals surface area contributed by atoms with Gasteiger partial charge < -0.3 is 19.8 Å². The Hall–Kier alpha value is -1.69. The molecular formula is C15H20N2O3. The lowest BCUT2D eigenvalue weighted by molar-refractivity contribution is -0.119. The standard InChI is InChI=1S/C15H20N2O3/c1-10(15(19-2)20-3)16-9-12-8-11-6-4-5-7-13(11)17-14(12)18/h4-8,10,15-16H,9H2,1-3H3,(H,17,18). The molecule has 5 heteroatoms. The van der Waals surface area contributed by atoms with E-state index in [2.05, 4.69) is 10.3 Å². The number of hydrogen-bond acceptors (Lipinski definition) is 4. The lowest BCUT2D eigenvalue weighted by atomic mass is 10.1. The molecule has 0 saturated heterocycles. The molecule has 1 heterocycles. The van der Waals surface area contributed by atoms with E-state index in [1.165, 1.54) is 0 Å². The van der Waals surface area contributed by atoms with Gasteiger partial charge in [0.25, 0.3) is 5.56 Å². The van der Waals surface area contributed by atoms with Crippen molar-refractivity contribution in [3.63, 3.8) is 0 Å². The number of hydrogen-bond donors (Lipinski definition) is 2. The number of para-hydroxylation sites is 1. The number of H-pyrrole nitrogens is 1. The second-order valence-electron chi connectivity index (χ2n) is 4.72. The zero-order valence-corrected chi connectivity index (χ0v) is 12.0. The first-order valence-corrected chi connectivity index (χ1v) is 6.55. The maximum atomic E-state index is 12.0. The van der Waals surface area contributed by atoms with Crippen molar-refractivity contribution in [2.45, 2.75) is 25.8 Å². The molecule has 0 spiro atoms. The second-order valence-corrected chi connectivity index (χ2v) is 4.72. The van der Waals surface area contributed by atoms with Crippen LogP contribution in [-0.2, 0) is 16.0 Å². The maximum absolute atomic E-state index is 12.0. The molecule has 108 valence electrons. The van der Waals surface area contributed by atoms with E-state index in [1.54, 1.807) is 14.2 Å². The Morgan fingerprint density at radius 3 is 2.65 bits per heavy atom. The van der Waals surface area contributed by atoms with Crippen LogP contribution in [0.25, 0.3) is 10.9 Å². The molecule has 1 aromatic carbocycles. The zero-order chi connectivity index (χ0) is 14.5. The molecule has 0 fully saturated rings. The number of ether oxygens (including phenoxy) is 2. The minimum absolute atomic E-state index is 0.0177. The van der Waals surface area contributed by atoms with Crippen LogP contribution in [0.2, 0.25) is 0 Å². The van der Waals surface area contributed by atoms with Gasteiger partial charge in [-0.05, 0) is 24.4 Å². The molecule has 20 heavy (non-hydrogen) atoms. The quantitative estimate of drug-likeness (QED) is 0.787. The van der Waals surface area contributed by atoms with E-state index in [-0.39, 0.29) is 17.9 Å². The van der Waals surface area contributed by atoms with Crippen LogP contribution in [0.5, 0.6) is 0 Å². The fourth-order valence-corrected chi connectivity index (χ4v) is 2.20. The minimum Gasteiger partial charge on any atom is -0.354 e. The molecule has 0 amide bonds. The van der Waals surface area contributed by atoms with Crippen molar-refractivity contribution in [1.29, 1.82) is 0 Å². The Morgan fingerprint density at radius 1 is 1.25 bits per heavy atom. The van der Waals surface area contributed by atoms with Crippen LogP contribution in [0, 0.1) is 0 Å². The largest absolute Gasteiger partial charge is 0.354 e. The van der Waals surface area contributed by atoms with Crippen LogP contribution >= 0.6 is 0 Å². The van der Waals surface area contributed by atoms with E-state index in [4.69, 9.17) is 9.47 Å². The maximum Gasteiger partial charge on any atom is 0.252 e. The van der Waals surface area contributed by atoms with Gasteiger partial charge in [0, 0.05) is 31.8 Å². The van der Waals surface area contributed by atoms with Crippen molar-refractivity contribution >= 4 is 10.9 Å². The van der Waals surface area contributed by atoms with Crippen molar-refractivity contribution in [3.8, 4) is 0 Å². The summed E-state index contributed by atoms with van der Waals surface area (Å²) in [5, 5.41) is 4.26. The lowest BCUT2D eigenvalue weighted by Gasteiger charge is -2.22. The number of aromatic nitrogens is 1. The summed E-state index contributed by atoms with van der Waals surface area (Å²) < 4.78 is 10.4. The molecule has 0 saturated carbocycles. The highest BCUT2D eigenvalue weighted by atomic mass is 16.7. The van der Waals surface area contributed by atoms with Gasteiger partial charge in [-0.25, -0.2) is 0 Å². The summed E-state index contributed by atoms with van der Waals surface area (Å²) in [6.07, 6.45) is -0.338. The molecule has 2 aromatic rings. The van der Waals surface area contributed by atoms with Gasteiger partial charge in [0.2, 0.25) is 0 Å². The van der Waals surface area contributed by atoms with Crippen LogP contribution in [0.15, 0.2) is 35.1 Å². The summed E-state index contributed by atoms with van der Waals surface area (Å²) >= 11 is 0.